The van der Waals surface area contributed by atoms with E-state index in [9.17, 15) is 9.59 Å². The average Bonchev–Trinajstić information content (AvgIpc) is 3.26. The van der Waals surface area contributed by atoms with Gasteiger partial charge in [0.05, 0.1) is 19.1 Å². The Labute approximate surface area is 139 Å². The quantitative estimate of drug-likeness (QED) is 0.727. The van der Waals surface area contributed by atoms with E-state index in [1.165, 1.54) is 18.4 Å². The Morgan fingerprint density at radius 1 is 1.35 bits per heavy atom. The number of esters is 1. The molecule has 0 aromatic carbocycles. The first-order chi connectivity index (χ1) is 11.1. The highest BCUT2D eigenvalue weighted by Gasteiger charge is 2.19. The van der Waals surface area contributed by atoms with E-state index >= 15 is 0 Å². The summed E-state index contributed by atoms with van der Waals surface area (Å²) >= 11 is 2.37. The molecule has 9 heteroatoms. The molecule has 23 heavy (non-hydrogen) atoms. The van der Waals surface area contributed by atoms with Gasteiger partial charge in [-0.05, 0) is 19.1 Å². The van der Waals surface area contributed by atoms with Gasteiger partial charge < -0.3 is 9.15 Å². The summed E-state index contributed by atoms with van der Waals surface area (Å²) < 4.78 is 9.91. The number of anilines is 1. The van der Waals surface area contributed by atoms with E-state index in [-0.39, 0.29) is 5.69 Å². The van der Waals surface area contributed by atoms with Crippen LogP contribution in [0.2, 0.25) is 0 Å². The van der Waals surface area contributed by atoms with Crippen molar-refractivity contribution in [3.8, 4) is 10.8 Å². The minimum Gasteiger partial charge on any atom is -0.465 e. The van der Waals surface area contributed by atoms with Crippen molar-refractivity contribution in [1.29, 1.82) is 0 Å². The summed E-state index contributed by atoms with van der Waals surface area (Å²) in [6, 6.07) is 3.52. The van der Waals surface area contributed by atoms with Gasteiger partial charge in [0.1, 0.15) is 10.6 Å². The second kappa shape index (κ2) is 6.31. The fourth-order valence-corrected chi connectivity index (χ4v) is 3.43. The number of methoxy groups -OCH3 is 1. The van der Waals surface area contributed by atoms with Crippen molar-refractivity contribution >= 4 is 39.7 Å². The van der Waals surface area contributed by atoms with Crippen molar-refractivity contribution in [2.45, 2.75) is 6.92 Å². The second-order valence-electron chi connectivity index (χ2n) is 4.39. The highest BCUT2D eigenvalue weighted by atomic mass is 32.1. The van der Waals surface area contributed by atoms with Crippen LogP contribution in [0.5, 0.6) is 0 Å². The van der Waals surface area contributed by atoms with Crippen LogP contribution in [0, 0.1) is 6.92 Å². The maximum atomic E-state index is 12.2. The molecular formula is C14H11N3O4S2. The van der Waals surface area contributed by atoms with E-state index in [1.807, 2.05) is 0 Å². The molecule has 0 aliphatic rings. The molecule has 3 rings (SSSR count). The third-order valence-corrected chi connectivity index (χ3v) is 4.77. The predicted octanol–water partition coefficient (Wildman–Crippen LogP) is 3.21. The van der Waals surface area contributed by atoms with Crippen LogP contribution in [0.25, 0.3) is 10.8 Å². The molecule has 3 heterocycles. The SMILES string of the molecule is COC(=O)c1sc(NC(=O)c2csc(-c3ccco3)n2)nc1C. The van der Waals surface area contributed by atoms with Gasteiger partial charge in [-0.1, -0.05) is 11.3 Å². The van der Waals surface area contributed by atoms with Gasteiger partial charge in [0.25, 0.3) is 5.91 Å². The van der Waals surface area contributed by atoms with Crippen molar-refractivity contribution in [2.75, 3.05) is 12.4 Å². The molecule has 0 fully saturated rings. The monoisotopic (exact) mass is 349 g/mol. The summed E-state index contributed by atoms with van der Waals surface area (Å²) in [6.07, 6.45) is 1.54. The number of aryl methyl sites for hydroxylation is 1. The number of carbonyl (C=O) groups is 2. The van der Waals surface area contributed by atoms with E-state index in [1.54, 1.807) is 30.7 Å². The fourth-order valence-electron chi connectivity index (χ4n) is 1.78. The molecule has 0 saturated heterocycles. The highest BCUT2D eigenvalue weighted by molar-refractivity contribution is 7.17. The van der Waals surface area contributed by atoms with Crippen LogP contribution >= 0.6 is 22.7 Å². The predicted molar refractivity (Wildman–Crippen MR) is 86.0 cm³/mol. The van der Waals surface area contributed by atoms with Gasteiger partial charge in [0, 0.05) is 5.38 Å². The molecule has 3 aromatic heterocycles. The number of hydrogen-bond acceptors (Lipinski definition) is 8. The lowest BCUT2D eigenvalue weighted by molar-refractivity contribution is 0.0605. The molecule has 0 atom stereocenters. The zero-order valence-electron chi connectivity index (χ0n) is 12.2. The van der Waals surface area contributed by atoms with Gasteiger partial charge in [-0.25, -0.2) is 14.8 Å². The van der Waals surface area contributed by atoms with Crippen LogP contribution in [0.4, 0.5) is 5.13 Å². The van der Waals surface area contributed by atoms with Gasteiger partial charge in [-0.2, -0.15) is 0 Å². The van der Waals surface area contributed by atoms with Crippen LogP contribution in [0.3, 0.4) is 0 Å². The molecular weight excluding hydrogens is 338 g/mol. The summed E-state index contributed by atoms with van der Waals surface area (Å²) in [5, 5.41) is 5.20. The van der Waals surface area contributed by atoms with Gasteiger partial charge in [-0.15, -0.1) is 11.3 Å². The smallest absolute Gasteiger partial charge is 0.350 e. The van der Waals surface area contributed by atoms with Crippen molar-refractivity contribution in [3.05, 3.63) is 40.0 Å². The number of nitrogens with one attached hydrogen (secondary N) is 1. The molecule has 0 bridgehead atoms. The number of amides is 1. The van der Waals surface area contributed by atoms with Gasteiger partial charge in [-0.3, -0.25) is 10.1 Å². The number of carbonyl (C=O) groups excluding carboxylic acids is 2. The zero-order valence-corrected chi connectivity index (χ0v) is 13.8. The number of ether oxygens (including phenoxy) is 1. The molecule has 0 radical (unpaired) electrons. The summed E-state index contributed by atoms with van der Waals surface area (Å²) in [6.45, 7) is 1.68. The standard InChI is InChI=1S/C14H11N3O4S2/c1-7-10(13(19)20-2)23-14(15-7)17-11(18)8-6-22-12(16-8)9-4-3-5-21-9/h3-6H,1-2H3,(H,15,17,18). The number of rotatable bonds is 4. The zero-order chi connectivity index (χ0) is 16.4. The van der Waals surface area contributed by atoms with Crippen molar-refractivity contribution in [1.82, 2.24) is 9.97 Å². The third kappa shape index (κ3) is 3.15. The molecule has 7 nitrogen and oxygen atoms in total. The first kappa shape index (κ1) is 15.4. The number of nitrogens with zero attached hydrogens (tertiary/aromatic N) is 2. The van der Waals surface area contributed by atoms with Crippen LogP contribution in [-0.4, -0.2) is 29.0 Å². The number of furan rings is 1. The summed E-state index contributed by atoms with van der Waals surface area (Å²) in [5.41, 5.74) is 0.764. The molecule has 0 unspecified atom stereocenters. The first-order valence-electron chi connectivity index (χ1n) is 6.45. The minimum absolute atomic E-state index is 0.258. The normalized spacial score (nSPS) is 10.5. The van der Waals surface area contributed by atoms with Crippen molar-refractivity contribution in [3.63, 3.8) is 0 Å². The maximum Gasteiger partial charge on any atom is 0.350 e. The molecule has 0 spiro atoms. The average molecular weight is 349 g/mol. The van der Waals surface area contributed by atoms with E-state index in [0.717, 1.165) is 11.3 Å². The van der Waals surface area contributed by atoms with Crippen LogP contribution in [0.15, 0.2) is 28.2 Å². The summed E-state index contributed by atoms with van der Waals surface area (Å²) in [7, 11) is 1.30. The molecule has 1 amide bonds. The van der Waals surface area contributed by atoms with E-state index in [0.29, 0.717) is 26.5 Å². The lowest BCUT2D eigenvalue weighted by Gasteiger charge is -1.97. The maximum absolute atomic E-state index is 12.2. The number of thiazole rings is 2. The molecule has 3 aromatic rings. The van der Waals surface area contributed by atoms with Gasteiger partial charge in [0.15, 0.2) is 15.9 Å². The van der Waals surface area contributed by atoms with Crippen molar-refractivity contribution < 1.29 is 18.7 Å². The number of hydrogen-bond donors (Lipinski definition) is 1. The lowest BCUT2D eigenvalue weighted by Crippen LogP contribution is -2.12. The largest absolute Gasteiger partial charge is 0.465 e. The van der Waals surface area contributed by atoms with E-state index in [4.69, 9.17) is 4.42 Å². The summed E-state index contributed by atoms with van der Waals surface area (Å²) in [5.74, 6) is -0.273. The third-order valence-electron chi connectivity index (χ3n) is 2.86. The molecule has 0 aliphatic heterocycles. The van der Waals surface area contributed by atoms with Crippen LogP contribution in [-0.2, 0) is 4.74 Å². The molecule has 118 valence electrons. The molecule has 0 aliphatic carbocycles. The molecule has 1 N–H and O–H groups in total. The minimum atomic E-state index is -0.478. The van der Waals surface area contributed by atoms with Gasteiger partial charge >= 0.3 is 5.97 Å². The highest BCUT2D eigenvalue weighted by Crippen LogP contribution is 2.26. The second-order valence-corrected chi connectivity index (χ2v) is 6.25. The Morgan fingerprint density at radius 2 is 2.17 bits per heavy atom. The Morgan fingerprint density at radius 3 is 2.87 bits per heavy atom. The first-order valence-corrected chi connectivity index (χ1v) is 8.14. The molecule has 0 saturated carbocycles. The number of aromatic nitrogens is 2. The Balaban J connectivity index is 1.76. The van der Waals surface area contributed by atoms with E-state index < -0.39 is 11.9 Å². The summed E-state index contributed by atoms with van der Waals surface area (Å²) in [4.78, 5) is 32.5. The van der Waals surface area contributed by atoms with E-state index in [2.05, 4.69) is 20.0 Å². The van der Waals surface area contributed by atoms with Crippen LogP contribution < -0.4 is 5.32 Å². The van der Waals surface area contributed by atoms with Gasteiger partial charge in [0.2, 0.25) is 0 Å². The Kier molecular flexibility index (Phi) is 4.22. The van der Waals surface area contributed by atoms with Crippen molar-refractivity contribution in [2.24, 2.45) is 0 Å². The fraction of sp³-hybridized carbons (Fsp3) is 0.143. The lowest BCUT2D eigenvalue weighted by atomic mass is 10.4. The Bertz CT molecular complexity index is 851. The van der Waals surface area contributed by atoms with Crippen LogP contribution in [0.1, 0.15) is 25.9 Å². The Hall–Kier alpha value is -2.52. The topological polar surface area (TPSA) is 94.3 Å².